The van der Waals surface area contributed by atoms with Gasteiger partial charge < -0.3 is 16.2 Å². The first kappa shape index (κ1) is 13.0. The zero-order valence-corrected chi connectivity index (χ0v) is 9.35. The van der Waals surface area contributed by atoms with Crippen LogP contribution in [-0.4, -0.2) is 28.4 Å². The number of carbonyl (C=O) groups is 2. The monoisotopic (exact) mass is 237 g/mol. The van der Waals surface area contributed by atoms with Crippen molar-refractivity contribution in [2.45, 2.75) is 19.3 Å². The summed E-state index contributed by atoms with van der Waals surface area (Å²) in [6.07, 6.45) is 4.28. The smallest absolute Gasteiger partial charge is 0.252 e. The summed E-state index contributed by atoms with van der Waals surface area (Å²) in [6.45, 7) is 0.460. The van der Waals surface area contributed by atoms with Crippen molar-refractivity contribution in [2.75, 3.05) is 6.54 Å². The van der Waals surface area contributed by atoms with Gasteiger partial charge in [-0.15, -0.1) is 0 Å². The lowest BCUT2D eigenvalue weighted by Crippen LogP contribution is -2.24. The molecule has 2 amide bonds. The molecule has 0 saturated carbocycles. The lowest BCUT2D eigenvalue weighted by atomic mass is 10.2. The van der Waals surface area contributed by atoms with Crippen LogP contribution in [-0.2, 0) is 4.79 Å². The number of nitrogens with zero attached hydrogens (tertiary/aromatic N) is 1. The third-order valence-corrected chi connectivity index (χ3v) is 2.12. The number of hydrogen-bond donors (Lipinski definition) is 3. The Morgan fingerprint density at radius 3 is 2.76 bits per heavy atom. The average molecular weight is 237 g/mol. The quantitative estimate of drug-likeness (QED) is 0.613. The standard InChI is InChI=1S/C11H15N3O3/c12-10(16)3-1-2-4-14-11(17)8-5-9(15)7-13-6-8/h5-7,15H,1-4H2,(H2,12,16)(H,14,17). The van der Waals surface area contributed by atoms with Crippen LogP contribution in [0.15, 0.2) is 18.5 Å². The topological polar surface area (TPSA) is 105 Å². The van der Waals surface area contributed by atoms with Crippen molar-refractivity contribution < 1.29 is 14.7 Å². The van der Waals surface area contributed by atoms with E-state index in [-0.39, 0.29) is 17.6 Å². The number of amides is 2. The van der Waals surface area contributed by atoms with Gasteiger partial charge in [0.1, 0.15) is 5.75 Å². The Labute approximate surface area is 98.8 Å². The third kappa shape index (κ3) is 4.96. The number of nitrogens with one attached hydrogen (secondary N) is 1. The molecule has 1 heterocycles. The Bertz CT molecular complexity index is 407. The molecular formula is C11H15N3O3. The number of aromatic nitrogens is 1. The van der Waals surface area contributed by atoms with E-state index in [0.717, 1.165) is 0 Å². The molecule has 0 spiro atoms. The highest BCUT2D eigenvalue weighted by molar-refractivity contribution is 5.94. The maximum absolute atomic E-state index is 11.5. The third-order valence-electron chi connectivity index (χ3n) is 2.12. The number of pyridine rings is 1. The molecular weight excluding hydrogens is 222 g/mol. The normalized spacial score (nSPS) is 9.88. The van der Waals surface area contributed by atoms with E-state index < -0.39 is 0 Å². The summed E-state index contributed by atoms with van der Waals surface area (Å²) in [5.74, 6) is -0.688. The Hall–Kier alpha value is -2.11. The van der Waals surface area contributed by atoms with E-state index in [4.69, 9.17) is 10.8 Å². The van der Waals surface area contributed by atoms with Gasteiger partial charge in [0, 0.05) is 19.2 Å². The fraction of sp³-hybridized carbons (Fsp3) is 0.364. The van der Waals surface area contributed by atoms with Crippen molar-refractivity contribution >= 4 is 11.8 Å². The fourth-order valence-electron chi connectivity index (χ4n) is 1.28. The predicted octanol–water partition coefficient (Wildman–Crippen LogP) is 0.173. The molecule has 17 heavy (non-hydrogen) atoms. The first-order valence-electron chi connectivity index (χ1n) is 5.30. The van der Waals surface area contributed by atoms with Gasteiger partial charge in [0.05, 0.1) is 11.8 Å². The molecule has 4 N–H and O–H groups in total. The highest BCUT2D eigenvalue weighted by Gasteiger charge is 2.05. The van der Waals surface area contributed by atoms with E-state index in [9.17, 15) is 9.59 Å². The molecule has 0 unspecified atom stereocenters. The number of rotatable bonds is 6. The van der Waals surface area contributed by atoms with Crippen LogP contribution in [0, 0.1) is 0 Å². The maximum Gasteiger partial charge on any atom is 0.252 e. The van der Waals surface area contributed by atoms with E-state index in [2.05, 4.69) is 10.3 Å². The molecule has 0 saturated heterocycles. The van der Waals surface area contributed by atoms with Crippen LogP contribution in [0.2, 0.25) is 0 Å². The van der Waals surface area contributed by atoms with Gasteiger partial charge in [-0.3, -0.25) is 14.6 Å². The van der Waals surface area contributed by atoms with Crippen LogP contribution in [0.25, 0.3) is 0 Å². The minimum atomic E-state index is -0.339. The van der Waals surface area contributed by atoms with Crippen molar-refractivity contribution in [1.29, 1.82) is 0 Å². The molecule has 0 aromatic carbocycles. The summed E-state index contributed by atoms with van der Waals surface area (Å²) < 4.78 is 0. The minimum absolute atomic E-state index is 0.0496. The van der Waals surface area contributed by atoms with Gasteiger partial charge in [-0.2, -0.15) is 0 Å². The van der Waals surface area contributed by atoms with Gasteiger partial charge in [0.2, 0.25) is 5.91 Å². The average Bonchev–Trinajstić information content (AvgIpc) is 2.28. The molecule has 0 aliphatic rings. The molecule has 0 aliphatic heterocycles. The van der Waals surface area contributed by atoms with Crippen LogP contribution in [0.5, 0.6) is 5.75 Å². The largest absolute Gasteiger partial charge is 0.506 e. The van der Waals surface area contributed by atoms with E-state index >= 15 is 0 Å². The highest BCUT2D eigenvalue weighted by atomic mass is 16.3. The van der Waals surface area contributed by atoms with Crippen molar-refractivity contribution in [2.24, 2.45) is 5.73 Å². The summed E-state index contributed by atoms with van der Waals surface area (Å²) in [5.41, 5.74) is 5.29. The Morgan fingerprint density at radius 2 is 2.12 bits per heavy atom. The van der Waals surface area contributed by atoms with Crippen molar-refractivity contribution in [3.05, 3.63) is 24.0 Å². The molecule has 1 aromatic heterocycles. The number of nitrogens with two attached hydrogens (primary N) is 1. The number of carbonyl (C=O) groups excluding carboxylic acids is 2. The second kappa shape index (κ2) is 6.47. The Balaban J connectivity index is 2.28. The summed E-state index contributed by atoms with van der Waals surface area (Å²) in [6, 6.07) is 1.34. The van der Waals surface area contributed by atoms with E-state index in [1.807, 2.05) is 0 Å². The molecule has 0 fully saturated rings. The second-order valence-corrected chi connectivity index (χ2v) is 3.61. The molecule has 92 valence electrons. The highest BCUT2D eigenvalue weighted by Crippen LogP contribution is 2.08. The van der Waals surface area contributed by atoms with E-state index in [0.29, 0.717) is 31.4 Å². The molecule has 6 heteroatoms. The van der Waals surface area contributed by atoms with Gasteiger partial charge in [-0.1, -0.05) is 0 Å². The van der Waals surface area contributed by atoms with Crippen molar-refractivity contribution in [3.8, 4) is 5.75 Å². The number of primary amides is 1. The Morgan fingerprint density at radius 1 is 1.35 bits per heavy atom. The lowest BCUT2D eigenvalue weighted by Gasteiger charge is -2.04. The van der Waals surface area contributed by atoms with Crippen molar-refractivity contribution in [1.82, 2.24) is 10.3 Å². The van der Waals surface area contributed by atoms with Crippen molar-refractivity contribution in [3.63, 3.8) is 0 Å². The number of hydrogen-bond acceptors (Lipinski definition) is 4. The zero-order valence-electron chi connectivity index (χ0n) is 9.35. The van der Waals surface area contributed by atoms with Gasteiger partial charge in [-0.25, -0.2) is 0 Å². The summed E-state index contributed by atoms with van der Waals surface area (Å²) in [4.78, 5) is 25.7. The SMILES string of the molecule is NC(=O)CCCCNC(=O)c1cncc(O)c1. The summed E-state index contributed by atoms with van der Waals surface area (Å²) in [5, 5.41) is 11.8. The van der Waals surface area contributed by atoms with Crippen LogP contribution in [0.1, 0.15) is 29.6 Å². The zero-order chi connectivity index (χ0) is 12.7. The van der Waals surface area contributed by atoms with Crippen LogP contribution >= 0.6 is 0 Å². The number of unbranched alkanes of at least 4 members (excludes halogenated alkanes) is 1. The fourth-order valence-corrected chi connectivity index (χ4v) is 1.28. The molecule has 0 aliphatic carbocycles. The molecule has 0 atom stereocenters. The summed E-state index contributed by atoms with van der Waals surface area (Å²) >= 11 is 0. The molecule has 6 nitrogen and oxygen atoms in total. The predicted molar refractivity (Wildman–Crippen MR) is 61.3 cm³/mol. The molecule has 0 radical (unpaired) electrons. The molecule has 1 rings (SSSR count). The lowest BCUT2D eigenvalue weighted by molar-refractivity contribution is -0.118. The first-order valence-corrected chi connectivity index (χ1v) is 5.30. The van der Waals surface area contributed by atoms with Gasteiger partial charge in [0.15, 0.2) is 0 Å². The van der Waals surface area contributed by atoms with E-state index in [1.54, 1.807) is 0 Å². The van der Waals surface area contributed by atoms with Gasteiger partial charge in [-0.05, 0) is 18.9 Å². The summed E-state index contributed by atoms with van der Waals surface area (Å²) in [7, 11) is 0. The maximum atomic E-state index is 11.5. The van der Waals surface area contributed by atoms with Crippen LogP contribution in [0.4, 0.5) is 0 Å². The van der Waals surface area contributed by atoms with Gasteiger partial charge >= 0.3 is 0 Å². The molecule has 0 bridgehead atoms. The molecule has 1 aromatic rings. The first-order chi connectivity index (χ1) is 8.09. The van der Waals surface area contributed by atoms with E-state index in [1.165, 1.54) is 18.5 Å². The Kier molecular flexibility index (Phi) is 4.93. The van der Waals surface area contributed by atoms with Gasteiger partial charge in [0.25, 0.3) is 5.91 Å². The van der Waals surface area contributed by atoms with Crippen LogP contribution < -0.4 is 11.1 Å². The van der Waals surface area contributed by atoms with Crippen LogP contribution in [0.3, 0.4) is 0 Å². The second-order valence-electron chi connectivity index (χ2n) is 3.61. The number of aromatic hydroxyl groups is 1. The minimum Gasteiger partial charge on any atom is -0.506 e.